The first-order valence-electron chi connectivity index (χ1n) is 9.85. The summed E-state index contributed by atoms with van der Waals surface area (Å²) in [7, 11) is 0. The number of carbonyl (C=O) groups is 2. The van der Waals surface area contributed by atoms with Crippen molar-refractivity contribution in [3.8, 4) is 12.3 Å². The molecule has 0 aliphatic carbocycles. The van der Waals surface area contributed by atoms with E-state index in [0.29, 0.717) is 6.42 Å². The van der Waals surface area contributed by atoms with E-state index in [2.05, 4.69) is 21.2 Å². The number of alkyl halides is 1. The number of anilines is 1. The number of fused-ring (bicyclic) bond motifs is 1. The lowest BCUT2D eigenvalue weighted by molar-refractivity contribution is -0.154. The van der Waals surface area contributed by atoms with Crippen LogP contribution in [0.2, 0.25) is 0 Å². The summed E-state index contributed by atoms with van der Waals surface area (Å²) < 4.78 is 28.8. The van der Waals surface area contributed by atoms with Gasteiger partial charge in [-0.25, -0.2) is 18.7 Å². The van der Waals surface area contributed by atoms with Crippen molar-refractivity contribution in [2.45, 2.75) is 65.3 Å². The molecule has 1 amide bonds. The Bertz CT molecular complexity index is 1100. The van der Waals surface area contributed by atoms with Gasteiger partial charge in [0.25, 0.3) is 0 Å². The maximum absolute atomic E-state index is 15.3. The minimum absolute atomic E-state index is 0.0519. The number of nitrogens with one attached hydrogen (secondary N) is 1. The number of hydrogen-bond acceptors (Lipinski definition) is 7. The average molecular weight is 433 g/mol. The lowest BCUT2D eigenvalue weighted by Crippen LogP contribution is -2.37. The Morgan fingerprint density at radius 1 is 1.45 bits per heavy atom. The molecule has 1 aliphatic rings. The highest BCUT2D eigenvalue weighted by molar-refractivity contribution is 5.87. The quantitative estimate of drug-likeness (QED) is 0.540. The van der Waals surface area contributed by atoms with Crippen LogP contribution in [0.5, 0.6) is 0 Å². The van der Waals surface area contributed by atoms with Crippen LogP contribution in [-0.4, -0.2) is 49.4 Å². The third-order valence-corrected chi connectivity index (χ3v) is 5.21. The summed E-state index contributed by atoms with van der Waals surface area (Å²) in [6, 6.07) is 0. The minimum Gasteiger partial charge on any atom is -0.454 e. The number of imidazole rings is 1. The Morgan fingerprint density at radius 2 is 2.16 bits per heavy atom. The van der Waals surface area contributed by atoms with Gasteiger partial charge in [-0.3, -0.25) is 19.5 Å². The standard InChI is InChI=1S/C20H24FN5O5/c1-6-8-25-13-9-22-19(23-11(4)27)24-17(13)26(20(25)29)18-16(30-12(5)28)14(21)15(31-18)10(3)7-2/h1,9-10,14-16,18H,7-8H2,2-5H3,(H,22,23,24,27)/t10-,14-,15+,16+,18+/m0/s1. The zero-order chi connectivity index (χ0) is 22.9. The van der Waals surface area contributed by atoms with Crippen molar-refractivity contribution in [2.24, 2.45) is 5.92 Å². The van der Waals surface area contributed by atoms with Crippen molar-refractivity contribution >= 4 is 29.0 Å². The van der Waals surface area contributed by atoms with Crippen LogP contribution in [0.15, 0.2) is 11.0 Å². The van der Waals surface area contributed by atoms with Gasteiger partial charge in [-0.15, -0.1) is 6.42 Å². The molecule has 5 atom stereocenters. The van der Waals surface area contributed by atoms with Crippen LogP contribution in [0.4, 0.5) is 10.3 Å². The molecule has 3 rings (SSSR count). The molecule has 31 heavy (non-hydrogen) atoms. The third kappa shape index (κ3) is 4.16. The van der Waals surface area contributed by atoms with Gasteiger partial charge in [0.15, 0.2) is 24.2 Å². The maximum Gasteiger partial charge on any atom is 0.333 e. The number of ether oxygens (including phenoxy) is 2. The van der Waals surface area contributed by atoms with Crippen molar-refractivity contribution in [2.75, 3.05) is 5.32 Å². The minimum atomic E-state index is -1.65. The Labute approximate surface area is 177 Å². The molecule has 0 aromatic carbocycles. The van der Waals surface area contributed by atoms with Crippen LogP contribution in [0.25, 0.3) is 11.2 Å². The Balaban J connectivity index is 2.21. The molecule has 1 fully saturated rings. The van der Waals surface area contributed by atoms with E-state index in [1.54, 1.807) is 0 Å². The summed E-state index contributed by atoms with van der Waals surface area (Å²) in [5.41, 5.74) is -0.288. The molecule has 166 valence electrons. The number of terminal acetylenes is 1. The van der Waals surface area contributed by atoms with Crippen molar-refractivity contribution in [1.82, 2.24) is 19.1 Å². The lowest BCUT2D eigenvalue weighted by Gasteiger charge is -2.20. The molecule has 0 saturated carbocycles. The van der Waals surface area contributed by atoms with Crippen LogP contribution in [-0.2, 0) is 25.6 Å². The highest BCUT2D eigenvalue weighted by Gasteiger charge is 2.51. The number of rotatable bonds is 6. The SMILES string of the molecule is C#CCn1c(=O)n([C@@H]2O[C@H]([C@@H](C)CC)[C@H](F)[C@H]2OC(C)=O)c2nc(NC(C)=O)ncc21. The Morgan fingerprint density at radius 3 is 2.74 bits per heavy atom. The third-order valence-electron chi connectivity index (χ3n) is 5.21. The van der Waals surface area contributed by atoms with E-state index in [9.17, 15) is 14.4 Å². The lowest BCUT2D eigenvalue weighted by atomic mass is 9.97. The van der Waals surface area contributed by atoms with E-state index in [1.165, 1.54) is 17.7 Å². The van der Waals surface area contributed by atoms with Gasteiger partial charge in [-0.05, 0) is 5.92 Å². The van der Waals surface area contributed by atoms with Crippen molar-refractivity contribution < 1.29 is 23.5 Å². The number of aromatic nitrogens is 4. The first kappa shape index (κ1) is 22.4. The number of hydrogen-bond donors (Lipinski definition) is 1. The largest absolute Gasteiger partial charge is 0.454 e. The summed E-state index contributed by atoms with van der Waals surface area (Å²) in [4.78, 5) is 44.6. The van der Waals surface area contributed by atoms with E-state index in [1.807, 2.05) is 13.8 Å². The second-order valence-electron chi connectivity index (χ2n) is 7.42. The van der Waals surface area contributed by atoms with E-state index in [4.69, 9.17) is 15.9 Å². The predicted octanol–water partition coefficient (Wildman–Crippen LogP) is 1.40. The molecule has 1 N–H and O–H groups in total. The van der Waals surface area contributed by atoms with Gasteiger partial charge in [0.05, 0.1) is 18.8 Å². The monoisotopic (exact) mass is 433 g/mol. The number of carbonyl (C=O) groups excluding carboxylic acids is 2. The fourth-order valence-corrected chi connectivity index (χ4v) is 3.61. The van der Waals surface area contributed by atoms with Gasteiger partial charge in [-0.1, -0.05) is 26.2 Å². The summed E-state index contributed by atoms with van der Waals surface area (Å²) in [5, 5.41) is 2.44. The highest BCUT2D eigenvalue weighted by Crippen LogP contribution is 2.38. The zero-order valence-corrected chi connectivity index (χ0v) is 17.7. The molecular weight excluding hydrogens is 409 g/mol. The van der Waals surface area contributed by atoms with Crippen LogP contribution < -0.4 is 11.0 Å². The fraction of sp³-hybridized carbons (Fsp3) is 0.550. The van der Waals surface area contributed by atoms with Crippen molar-refractivity contribution in [1.29, 1.82) is 0 Å². The maximum atomic E-state index is 15.3. The smallest absolute Gasteiger partial charge is 0.333 e. The fourth-order valence-electron chi connectivity index (χ4n) is 3.61. The summed E-state index contributed by atoms with van der Waals surface area (Å²) >= 11 is 0. The first-order chi connectivity index (χ1) is 14.7. The van der Waals surface area contributed by atoms with Crippen LogP contribution in [0.3, 0.4) is 0 Å². The molecule has 0 bridgehead atoms. The van der Waals surface area contributed by atoms with Gasteiger partial charge < -0.3 is 9.47 Å². The summed E-state index contributed by atoms with van der Waals surface area (Å²) in [5.74, 6) is 1.01. The van der Waals surface area contributed by atoms with E-state index in [-0.39, 0.29) is 29.6 Å². The molecule has 0 spiro atoms. The molecule has 1 aliphatic heterocycles. The predicted molar refractivity (Wildman–Crippen MR) is 109 cm³/mol. The second kappa shape index (κ2) is 8.85. The number of nitrogens with zero attached hydrogens (tertiary/aromatic N) is 4. The average Bonchev–Trinajstić information content (AvgIpc) is 3.15. The van der Waals surface area contributed by atoms with Crippen LogP contribution in [0.1, 0.15) is 40.3 Å². The molecule has 2 aromatic heterocycles. The molecule has 0 radical (unpaired) electrons. The molecule has 3 heterocycles. The van der Waals surface area contributed by atoms with Gasteiger partial charge in [0.2, 0.25) is 11.9 Å². The molecule has 1 saturated heterocycles. The van der Waals surface area contributed by atoms with Crippen molar-refractivity contribution in [3.63, 3.8) is 0 Å². The first-order valence-corrected chi connectivity index (χ1v) is 9.85. The van der Waals surface area contributed by atoms with E-state index < -0.39 is 42.2 Å². The number of amides is 1. The molecule has 10 nitrogen and oxygen atoms in total. The Hall–Kier alpha value is -3.26. The normalized spacial score (nSPS) is 24.0. The van der Waals surface area contributed by atoms with Gasteiger partial charge in [-0.2, -0.15) is 4.98 Å². The number of halogens is 1. The topological polar surface area (TPSA) is 117 Å². The summed E-state index contributed by atoms with van der Waals surface area (Å²) in [6.07, 6.45) is 2.16. The highest BCUT2D eigenvalue weighted by atomic mass is 19.1. The van der Waals surface area contributed by atoms with Gasteiger partial charge >= 0.3 is 11.7 Å². The van der Waals surface area contributed by atoms with Crippen LogP contribution in [0, 0.1) is 18.3 Å². The molecule has 11 heteroatoms. The van der Waals surface area contributed by atoms with Gasteiger partial charge in [0, 0.05) is 13.8 Å². The molecular formula is C20H24FN5O5. The van der Waals surface area contributed by atoms with Gasteiger partial charge in [0.1, 0.15) is 5.52 Å². The number of esters is 1. The molecule has 0 unspecified atom stereocenters. The Kier molecular flexibility index (Phi) is 6.40. The summed E-state index contributed by atoms with van der Waals surface area (Å²) in [6.45, 7) is 6.04. The van der Waals surface area contributed by atoms with Crippen molar-refractivity contribution in [3.05, 3.63) is 16.7 Å². The van der Waals surface area contributed by atoms with Crippen LogP contribution >= 0.6 is 0 Å². The van der Waals surface area contributed by atoms with E-state index >= 15 is 4.39 Å². The molecule has 2 aromatic rings. The zero-order valence-electron chi connectivity index (χ0n) is 17.7. The van der Waals surface area contributed by atoms with E-state index in [0.717, 1.165) is 11.5 Å². The second-order valence-corrected chi connectivity index (χ2v) is 7.42.